The standard InChI is InChI=1S/3C10H9N2.3ClH.H3P.V/c3*1-2-4-10(5-3-1)8-12-7-6-11-9-12;;;;;/h3*1-7H,8H2;3*1H;1H3;/q;;;;;;;+3/p-3. The Balaban J connectivity index is 0.00000337. The zero-order valence-corrected chi connectivity index (χ0v) is 27.3. The third kappa shape index (κ3) is 5.30. The van der Waals surface area contributed by atoms with E-state index in [-0.39, 0.29) is 9.90 Å². The first kappa shape index (κ1) is 29.7. The number of benzene rings is 3. The van der Waals surface area contributed by atoms with Crippen LogP contribution in [0.2, 0.25) is 0 Å². The van der Waals surface area contributed by atoms with Crippen molar-refractivity contribution in [3.05, 3.63) is 145 Å². The Morgan fingerprint density at radius 1 is 0.463 bits per heavy atom. The van der Waals surface area contributed by atoms with Crippen LogP contribution in [0.1, 0.15) is 16.7 Å². The van der Waals surface area contributed by atoms with Gasteiger partial charge in [-0.15, -0.1) is 0 Å². The molecule has 0 aliphatic rings. The van der Waals surface area contributed by atoms with Crippen LogP contribution in [0, 0.1) is 0 Å². The fraction of sp³-hybridized carbons (Fsp3) is 0.100. The maximum absolute atomic E-state index is 8.02. The molecule has 6 nitrogen and oxygen atoms in total. The van der Waals surface area contributed by atoms with E-state index in [9.17, 15) is 0 Å². The van der Waals surface area contributed by atoms with Crippen LogP contribution in [0.5, 0.6) is 0 Å². The van der Waals surface area contributed by atoms with Crippen molar-refractivity contribution in [3.63, 3.8) is 0 Å². The quantitative estimate of drug-likeness (QED) is 0.194. The normalized spacial score (nSPS) is 13.2. The van der Waals surface area contributed by atoms with Crippen molar-refractivity contribution in [3.8, 4) is 0 Å². The summed E-state index contributed by atoms with van der Waals surface area (Å²) < 4.78 is 6.80. The van der Waals surface area contributed by atoms with Gasteiger partial charge in [-0.05, 0) is 0 Å². The average Bonchev–Trinajstić information content (AvgIpc) is 3.73. The molecule has 0 bridgehead atoms. The van der Waals surface area contributed by atoms with Crippen LogP contribution in [0.3, 0.4) is 0 Å². The summed E-state index contributed by atoms with van der Waals surface area (Å²) in [6, 6.07) is 30.1. The molecule has 0 saturated heterocycles. The summed E-state index contributed by atoms with van der Waals surface area (Å²) in [4.78, 5) is 14.3. The van der Waals surface area contributed by atoms with E-state index < -0.39 is 8.89 Å². The zero-order valence-electron chi connectivity index (χ0n) is 22.2. The molecule has 0 spiro atoms. The van der Waals surface area contributed by atoms with Gasteiger partial charge in [-0.25, -0.2) is 0 Å². The molecule has 3 heterocycles. The minimum absolute atomic E-state index is 0. The fourth-order valence-electron chi connectivity index (χ4n) is 5.13. The van der Waals surface area contributed by atoms with E-state index in [0.717, 1.165) is 16.7 Å². The van der Waals surface area contributed by atoms with Crippen LogP contribution >= 0.6 is 39.4 Å². The van der Waals surface area contributed by atoms with Crippen molar-refractivity contribution in [2.45, 2.75) is 19.6 Å². The van der Waals surface area contributed by atoms with Gasteiger partial charge in [0.1, 0.15) is 0 Å². The first-order chi connectivity index (χ1) is 19.3. The molecule has 211 valence electrons. The van der Waals surface area contributed by atoms with Gasteiger partial charge in [0.25, 0.3) is 0 Å². The Hall–Kier alpha value is -2.83. The number of hydrogen-bond donors (Lipinski definition) is 0. The van der Waals surface area contributed by atoms with Crippen molar-refractivity contribution in [1.29, 1.82) is 0 Å². The number of imidazole rings is 3. The molecule has 1 unspecified atom stereocenters. The van der Waals surface area contributed by atoms with E-state index in [1.165, 1.54) is 0 Å². The first-order valence-corrected chi connectivity index (χ1v) is 20.7. The summed E-state index contributed by atoms with van der Waals surface area (Å²) in [6.07, 6.45) is 10.6. The van der Waals surface area contributed by atoms with E-state index in [2.05, 4.69) is 0 Å². The Kier molecular flexibility index (Phi) is 8.04. The van der Waals surface area contributed by atoms with E-state index in [0.29, 0.717) is 33.2 Å². The van der Waals surface area contributed by atoms with Gasteiger partial charge in [-0.2, -0.15) is 9.90 Å². The van der Waals surface area contributed by atoms with Crippen LogP contribution in [-0.4, -0.2) is 28.7 Å². The van der Waals surface area contributed by atoms with Gasteiger partial charge < -0.3 is 0 Å². The second-order valence-corrected chi connectivity index (χ2v) is 28.3. The summed E-state index contributed by atoms with van der Waals surface area (Å²) in [6.45, 7) is 1.42. The molecule has 11 heteroatoms. The molecule has 3 aromatic heterocycles. The van der Waals surface area contributed by atoms with Gasteiger partial charge >= 0.3 is 245 Å². The van der Waals surface area contributed by atoms with E-state index in [1.807, 2.05) is 123 Å². The Labute approximate surface area is 253 Å². The van der Waals surface area contributed by atoms with Gasteiger partial charge in [-0.3, -0.25) is 0 Å². The molecule has 0 saturated carbocycles. The molecular formula is C30H30Cl3N6PV. The monoisotopic (exact) mass is 661 g/mol. The van der Waals surface area contributed by atoms with Crippen LogP contribution in [-0.2, 0) is 28.5 Å². The second kappa shape index (κ2) is 11.1. The Morgan fingerprint density at radius 3 is 1.00 bits per heavy atom. The first-order valence-electron chi connectivity index (χ1n) is 12.8. The molecule has 0 radical (unpaired) electrons. The predicted octanol–water partition coefficient (Wildman–Crippen LogP) is 5.44. The molecule has 0 aliphatic carbocycles. The molecule has 0 amide bonds. The van der Waals surface area contributed by atoms with Crippen molar-refractivity contribution in [2.75, 3.05) is 0 Å². The summed E-state index contributed by atoms with van der Waals surface area (Å²) in [5.41, 5.74) is 3.17. The number of aromatic nitrogens is 6. The molecule has 0 aliphatic heterocycles. The van der Waals surface area contributed by atoms with E-state index in [1.54, 1.807) is 18.6 Å². The van der Waals surface area contributed by atoms with Gasteiger partial charge in [0.2, 0.25) is 0 Å². The topological polar surface area (TPSA) is 53.5 Å². The van der Waals surface area contributed by atoms with Crippen LogP contribution in [0.4, 0.5) is 0 Å². The average molecular weight is 663 g/mol. The molecule has 1 atom stereocenters. The summed E-state index contributed by atoms with van der Waals surface area (Å²) >= 11 is 0. The zero-order chi connectivity index (χ0) is 27.7. The Bertz CT molecular complexity index is 1550. The third-order valence-electron chi connectivity index (χ3n) is 6.95. The van der Waals surface area contributed by atoms with Crippen molar-refractivity contribution in [1.82, 2.24) is 28.7 Å². The number of rotatable bonds is 9. The number of hydrogen-bond acceptors (Lipinski definition) is 3. The minimum atomic E-state index is -6.33. The number of nitrogens with zero attached hydrogens (tertiary/aromatic N) is 6. The fourth-order valence-corrected chi connectivity index (χ4v) is 15.9. The summed E-state index contributed by atoms with van der Waals surface area (Å²) in [7, 11) is 17.7. The SMILES string of the molecule is P.[Cl][V]([Cl])([Cl])([c]1nccn1Cc1ccccc1)([c]1nccn1Cc1ccccc1)[c]1nccn1Cc1ccccc1. The Morgan fingerprint density at radius 2 is 0.732 bits per heavy atom. The molecule has 41 heavy (non-hydrogen) atoms. The number of halogens is 3. The van der Waals surface area contributed by atoms with Crippen molar-refractivity contribution < 1.29 is 8.89 Å². The third-order valence-corrected chi connectivity index (χ3v) is 18.3. The molecular weight excluding hydrogens is 633 g/mol. The molecule has 0 fully saturated rings. The second-order valence-electron chi connectivity index (χ2n) is 9.81. The summed E-state index contributed by atoms with van der Waals surface area (Å²) in [5, 5.41) is 0. The van der Waals surface area contributed by atoms with E-state index >= 15 is 0 Å². The van der Waals surface area contributed by atoms with Crippen LogP contribution in [0.15, 0.2) is 128 Å². The van der Waals surface area contributed by atoms with Crippen molar-refractivity contribution in [2.24, 2.45) is 0 Å². The van der Waals surface area contributed by atoms with Gasteiger partial charge in [-0.1, -0.05) is 0 Å². The summed E-state index contributed by atoms with van der Waals surface area (Å²) in [5.74, 6) is 0. The van der Waals surface area contributed by atoms with E-state index in [4.69, 9.17) is 44.5 Å². The van der Waals surface area contributed by atoms with Crippen LogP contribution in [0.25, 0.3) is 0 Å². The van der Waals surface area contributed by atoms with Gasteiger partial charge in [0.05, 0.1) is 0 Å². The molecule has 3 aromatic carbocycles. The van der Waals surface area contributed by atoms with Gasteiger partial charge in [0.15, 0.2) is 0 Å². The molecule has 0 N–H and O–H groups in total. The maximum atomic E-state index is 8.02. The molecule has 6 rings (SSSR count). The molecule has 6 aromatic rings. The van der Waals surface area contributed by atoms with Crippen molar-refractivity contribution >= 4 is 53.1 Å². The van der Waals surface area contributed by atoms with Crippen LogP contribution < -0.4 is 13.6 Å². The van der Waals surface area contributed by atoms with Gasteiger partial charge in [0, 0.05) is 0 Å². The predicted molar refractivity (Wildman–Crippen MR) is 171 cm³/mol.